The first-order valence-electron chi connectivity index (χ1n) is 9.16. The highest BCUT2D eigenvalue weighted by molar-refractivity contribution is 5.36. The molecule has 5 atom stereocenters. The molecule has 19 heavy (non-hydrogen) atoms. The zero-order valence-electron chi connectivity index (χ0n) is 12.6. The van der Waals surface area contributed by atoms with Crippen molar-refractivity contribution in [2.24, 2.45) is 33.0 Å². The van der Waals surface area contributed by atoms with Crippen LogP contribution in [0.15, 0.2) is 0 Å². The molecule has 6 aliphatic carbocycles. The Morgan fingerprint density at radius 3 is 1.42 bits per heavy atom. The Hall–Kier alpha value is 0. The van der Waals surface area contributed by atoms with Crippen molar-refractivity contribution in [3.05, 3.63) is 0 Å². The Morgan fingerprint density at radius 1 is 0.579 bits per heavy atom. The molecule has 0 bridgehead atoms. The summed E-state index contributed by atoms with van der Waals surface area (Å²) < 4.78 is 0. The molecule has 0 heteroatoms. The van der Waals surface area contributed by atoms with Gasteiger partial charge in [0, 0.05) is 0 Å². The van der Waals surface area contributed by atoms with Crippen LogP contribution in [0, 0.1) is 33.0 Å². The number of hydrogen-bond acceptors (Lipinski definition) is 0. The fraction of sp³-hybridized carbons (Fsp3) is 1.00. The topological polar surface area (TPSA) is 0 Å². The first-order chi connectivity index (χ1) is 9.16. The third-order valence-electron chi connectivity index (χ3n) is 10.6. The molecule has 0 saturated heterocycles. The van der Waals surface area contributed by atoms with Crippen LogP contribution < -0.4 is 0 Å². The van der Waals surface area contributed by atoms with Gasteiger partial charge in [0.05, 0.1) is 0 Å². The van der Waals surface area contributed by atoms with Crippen molar-refractivity contribution in [1.29, 1.82) is 0 Å². The zero-order chi connectivity index (χ0) is 12.6. The number of fused-ring (bicyclic) bond motifs is 4. The normalized spacial score (nSPS) is 66.5. The summed E-state index contributed by atoms with van der Waals surface area (Å²) in [5.74, 6) is 1.08. The van der Waals surface area contributed by atoms with Gasteiger partial charge in [-0.3, -0.25) is 0 Å². The van der Waals surface area contributed by atoms with Gasteiger partial charge >= 0.3 is 0 Å². The van der Waals surface area contributed by atoms with Gasteiger partial charge in [0.25, 0.3) is 0 Å². The highest BCUT2D eigenvalue weighted by Gasteiger charge is 2.87. The molecule has 6 rings (SSSR count). The van der Waals surface area contributed by atoms with E-state index in [0.717, 1.165) is 33.0 Å². The molecule has 0 aromatic rings. The van der Waals surface area contributed by atoms with Gasteiger partial charge in [-0.15, -0.1) is 0 Å². The van der Waals surface area contributed by atoms with E-state index in [2.05, 4.69) is 6.92 Å². The maximum Gasteiger partial charge on any atom is -0.0173 e. The quantitative estimate of drug-likeness (QED) is 0.550. The number of rotatable bonds is 0. The van der Waals surface area contributed by atoms with E-state index in [-0.39, 0.29) is 0 Å². The molecule has 0 radical (unpaired) electrons. The lowest BCUT2D eigenvalue weighted by Crippen LogP contribution is -2.80. The van der Waals surface area contributed by atoms with Gasteiger partial charge in [0.2, 0.25) is 0 Å². The van der Waals surface area contributed by atoms with E-state index in [1.165, 1.54) is 0 Å². The van der Waals surface area contributed by atoms with Gasteiger partial charge < -0.3 is 0 Å². The second-order valence-electron chi connectivity index (χ2n) is 9.62. The molecule has 0 aromatic carbocycles. The summed E-state index contributed by atoms with van der Waals surface area (Å²) in [5.41, 5.74) is 4.46. The maximum absolute atomic E-state index is 2.59. The van der Waals surface area contributed by atoms with Crippen LogP contribution in [0.25, 0.3) is 0 Å². The average molecular weight is 256 g/mol. The third kappa shape index (κ3) is 0.702. The maximum atomic E-state index is 2.59. The second kappa shape index (κ2) is 2.57. The monoisotopic (exact) mass is 256 g/mol. The van der Waals surface area contributed by atoms with Crippen LogP contribution in [0.4, 0.5) is 0 Å². The lowest BCUT2D eigenvalue weighted by atomic mass is 9.16. The lowest BCUT2D eigenvalue weighted by molar-refractivity contribution is -0.397. The van der Waals surface area contributed by atoms with Crippen molar-refractivity contribution < 1.29 is 0 Å². The van der Waals surface area contributed by atoms with Crippen LogP contribution in [0.1, 0.15) is 84.0 Å². The van der Waals surface area contributed by atoms with Crippen LogP contribution in [0.2, 0.25) is 0 Å². The molecule has 0 heterocycles. The summed E-state index contributed by atoms with van der Waals surface area (Å²) in [4.78, 5) is 0. The predicted octanol–water partition coefficient (Wildman–Crippen LogP) is 5.32. The molecule has 0 amide bonds. The first-order valence-corrected chi connectivity index (χ1v) is 9.16. The molecular formula is C19H28. The highest BCUT2D eigenvalue weighted by Crippen LogP contribution is 2.96. The molecule has 0 nitrogen and oxygen atoms in total. The van der Waals surface area contributed by atoms with Crippen molar-refractivity contribution in [2.45, 2.75) is 84.0 Å². The Labute approximate surface area is 117 Å². The van der Waals surface area contributed by atoms with Crippen LogP contribution in [-0.2, 0) is 0 Å². The van der Waals surface area contributed by atoms with Crippen LogP contribution in [0.5, 0.6) is 0 Å². The molecule has 0 aliphatic heterocycles. The minimum absolute atomic E-state index is 0.865. The van der Waals surface area contributed by atoms with E-state index in [9.17, 15) is 0 Å². The van der Waals surface area contributed by atoms with E-state index in [1.54, 1.807) is 77.0 Å². The second-order valence-corrected chi connectivity index (χ2v) is 9.62. The Bertz CT molecular complexity index is 472. The standard InChI is InChI=1S/C19H28/c1-14-2-3-16(14)7-9-18(16)11-13-19(18)12-10-17(19)8-6-15(17)4-5-15/h14H,2-13H2,1H3. The van der Waals surface area contributed by atoms with Crippen LogP contribution in [-0.4, -0.2) is 0 Å². The molecule has 6 saturated carbocycles. The molecule has 104 valence electrons. The smallest absolute Gasteiger partial charge is 0.0173 e. The van der Waals surface area contributed by atoms with Crippen molar-refractivity contribution in [3.63, 3.8) is 0 Å². The molecule has 0 N–H and O–H groups in total. The van der Waals surface area contributed by atoms with Crippen molar-refractivity contribution in [3.8, 4) is 0 Å². The summed E-state index contributed by atoms with van der Waals surface area (Å²) in [6.07, 6.45) is 19.5. The lowest BCUT2D eigenvalue weighted by Gasteiger charge is -2.88. The Kier molecular flexibility index (Phi) is 1.45. The van der Waals surface area contributed by atoms with E-state index in [1.807, 2.05) is 0 Å². The van der Waals surface area contributed by atoms with E-state index in [0.29, 0.717) is 0 Å². The SMILES string of the molecule is CC1CCC12CCC21CCC12CCC21CCC12CC2. The van der Waals surface area contributed by atoms with Gasteiger partial charge in [-0.25, -0.2) is 0 Å². The van der Waals surface area contributed by atoms with Gasteiger partial charge in [0.1, 0.15) is 0 Å². The number of hydrogen-bond donors (Lipinski definition) is 0. The molecule has 5 spiro atoms. The average Bonchev–Trinajstić information content (AvgIpc) is 3.04. The summed E-state index contributed by atoms with van der Waals surface area (Å²) in [5, 5.41) is 0. The molecular weight excluding hydrogens is 228 g/mol. The van der Waals surface area contributed by atoms with Crippen LogP contribution >= 0.6 is 0 Å². The van der Waals surface area contributed by atoms with Crippen molar-refractivity contribution in [2.75, 3.05) is 0 Å². The summed E-state index contributed by atoms with van der Waals surface area (Å²) >= 11 is 0. The zero-order valence-corrected chi connectivity index (χ0v) is 12.6. The fourth-order valence-electron chi connectivity index (χ4n) is 9.02. The van der Waals surface area contributed by atoms with E-state index in [4.69, 9.17) is 0 Å². The van der Waals surface area contributed by atoms with Gasteiger partial charge in [-0.05, 0) is 110 Å². The minimum Gasteiger partial charge on any atom is -0.0620 e. The van der Waals surface area contributed by atoms with Gasteiger partial charge in [0.15, 0.2) is 0 Å². The first kappa shape index (κ1) is 10.7. The van der Waals surface area contributed by atoms with E-state index < -0.39 is 0 Å². The predicted molar refractivity (Wildman–Crippen MR) is 76.7 cm³/mol. The Balaban J connectivity index is 1.46. The largest absolute Gasteiger partial charge is 0.0620 e. The van der Waals surface area contributed by atoms with Crippen molar-refractivity contribution >= 4 is 0 Å². The van der Waals surface area contributed by atoms with E-state index >= 15 is 0 Å². The van der Waals surface area contributed by atoms with Crippen LogP contribution in [0.3, 0.4) is 0 Å². The molecule has 5 unspecified atom stereocenters. The minimum atomic E-state index is 0.865. The third-order valence-corrected chi connectivity index (χ3v) is 10.6. The van der Waals surface area contributed by atoms with Gasteiger partial charge in [-0.1, -0.05) is 6.92 Å². The summed E-state index contributed by atoms with van der Waals surface area (Å²) in [6, 6.07) is 0. The highest BCUT2D eigenvalue weighted by atomic mass is 14.9. The fourth-order valence-corrected chi connectivity index (χ4v) is 9.02. The molecule has 6 fully saturated rings. The molecule has 6 aliphatic rings. The Morgan fingerprint density at radius 2 is 1.16 bits per heavy atom. The van der Waals surface area contributed by atoms with Gasteiger partial charge in [-0.2, -0.15) is 0 Å². The summed E-state index contributed by atoms with van der Waals surface area (Å²) in [6.45, 7) is 2.59. The molecule has 0 aromatic heterocycles. The summed E-state index contributed by atoms with van der Waals surface area (Å²) in [7, 11) is 0. The van der Waals surface area contributed by atoms with Crippen molar-refractivity contribution in [1.82, 2.24) is 0 Å².